The second-order valence-electron chi connectivity index (χ2n) is 2.24. The summed E-state index contributed by atoms with van der Waals surface area (Å²) >= 11 is 3.15. The average Bonchev–Trinajstić information content (AvgIpc) is 2.51. The van der Waals surface area contributed by atoms with Gasteiger partial charge < -0.3 is 9.72 Å². The maximum atomic E-state index is 9.82. The molecule has 0 aliphatic rings. The smallest absolute Gasteiger partial charge is 0.302 e. The summed E-state index contributed by atoms with van der Waals surface area (Å²) in [6.45, 7) is 3.65. The third-order valence-corrected chi connectivity index (χ3v) is 1.82. The van der Waals surface area contributed by atoms with E-state index in [2.05, 4.69) is 25.7 Å². The molecule has 1 rings (SSSR count). The highest BCUT2D eigenvalue weighted by Gasteiger charge is 1.94. The third kappa shape index (κ3) is 5.38. The Morgan fingerprint density at radius 1 is 1.79 bits per heavy atom. The number of hydrogen-bond donors (Lipinski definition) is 1. The Kier molecular flexibility index (Phi) is 6.50. The molecular formula is C9H11BrN2O2. The van der Waals surface area contributed by atoms with Crippen molar-refractivity contribution in [1.29, 1.82) is 5.26 Å². The molecule has 0 bridgehead atoms. The maximum absolute atomic E-state index is 9.82. The number of nitrogens with one attached hydrogen (secondary N) is 1. The van der Waals surface area contributed by atoms with Crippen molar-refractivity contribution in [1.82, 2.24) is 4.98 Å². The molecule has 0 amide bonds. The molecule has 0 atom stereocenters. The van der Waals surface area contributed by atoms with Crippen molar-refractivity contribution in [3.63, 3.8) is 0 Å². The molecule has 0 spiro atoms. The number of aromatic nitrogens is 1. The molecule has 0 saturated carbocycles. The molecule has 76 valence electrons. The van der Waals surface area contributed by atoms with Crippen molar-refractivity contribution in [3.05, 3.63) is 22.4 Å². The fourth-order valence-corrected chi connectivity index (χ4v) is 0.992. The van der Waals surface area contributed by atoms with E-state index in [0.29, 0.717) is 12.2 Å². The zero-order chi connectivity index (χ0) is 11.0. The number of carbonyl (C=O) groups excluding carboxylic acids is 1. The van der Waals surface area contributed by atoms with Gasteiger partial charge in [0.15, 0.2) is 0 Å². The Morgan fingerprint density at radius 3 is 2.57 bits per heavy atom. The predicted molar refractivity (Wildman–Crippen MR) is 55.5 cm³/mol. The zero-order valence-electron chi connectivity index (χ0n) is 8.00. The van der Waals surface area contributed by atoms with E-state index < -0.39 is 0 Å². The molecule has 0 radical (unpaired) electrons. The number of halogens is 1. The van der Waals surface area contributed by atoms with Crippen LogP contribution in [0.2, 0.25) is 0 Å². The first kappa shape index (κ1) is 12.7. The van der Waals surface area contributed by atoms with Gasteiger partial charge in [-0.05, 0) is 28.9 Å². The summed E-state index contributed by atoms with van der Waals surface area (Å²) in [4.78, 5) is 12.6. The summed E-state index contributed by atoms with van der Waals surface area (Å²) in [6.07, 6.45) is 1.71. The van der Waals surface area contributed by atoms with Crippen LogP contribution in [0.5, 0.6) is 0 Å². The van der Waals surface area contributed by atoms with Crippen LogP contribution in [-0.2, 0) is 9.53 Å². The van der Waals surface area contributed by atoms with Crippen LogP contribution in [0.3, 0.4) is 0 Å². The number of ether oxygens (including phenoxy) is 1. The molecule has 1 N–H and O–H groups in total. The molecule has 4 nitrogen and oxygen atoms in total. The minimum Gasteiger partial charge on any atom is -0.466 e. The van der Waals surface area contributed by atoms with Crippen molar-refractivity contribution >= 4 is 21.9 Å². The van der Waals surface area contributed by atoms with Gasteiger partial charge in [-0.2, -0.15) is 5.26 Å². The molecule has 1 aromatic heterocycles. The summed E-state index contributed by atoms with van der Waals surface area (Å²) in [7, 11) is 0. The van der Waals surface area contributed by atoms with E-state index in [0.717, 1.165) is 4.60 Å². The number of rotatable bonds is 1. The second kappa shape index (κ2) is 7.15. The Hall–Kier alpha value is -1.28. The highest BCUT2D eigenvalue weighted by atomic mass is 79.9. The van der Waals surface area contributed by atoms with Crippen LogP contribution in [0, 0.1) is 11.3 Å². The Morgan fingerprint density at radius 2 is 2.43 bits per heavy atom. The molecule has 1 aromatic rings. The molecule has 0 aliphatic carbocycles. The largest absolute Gasteiger partial charge is 0.466 e. The summed E-state index contributed by atoms with van der Waals surface area (Å²) in [5, 5.41) is 8.31. The van der Waals surface area contributed by atoms with Gasteiger partial charge in [-0.3, -0.25) is 4.79 Å². The van der Waals surface area contributed by atoms with Gasteiger partial charge in [0.05, 0.1) is 16.8 Å². The van der Waals surface area contributed by atoms with Crippen molar-refractivity contribution in [3.8, 4) is 6.07 Å². The van der Waals surface area contributed by atoms with E-state index >= 15 is 0 Å². The summed E-state index contributed by atoms with van der Waals surface area (Å²) in [5.74, 6) is -0.211. The summed E-state index contributed by atoms with van der Waals surface area (Å²) < 4.78 is 5.15. The zero-order valence-corrected chi connectivity index (χ0v) is 9.59. The van der Waals surface area contributed by atoms with Gasteiger partial charge in [0.2, 0.25) is 0 Å². The number of carbonyl (C=O) groups is 1. The Bertz CT molecular complexity index is 328. The molecule has 0 unspecified atom stereocenters. The topological polar surface area (TPSA) is 65.9 Å². The first-order valence-corrected chi connectivity index (χ1v) is 4.77. The van der Waals surface area contributed by atoms with Gasteiger partial charge in [0.1, 0.15) is 6.07 Å². The van der Waals surface area contributed by atoms with Crippen LogP contribution >= 0.6 is 15.9 Å². The standard InChI is InChI=1S/C5H3BrN2.C4H8O2/c6-5-4(3-7)1-2-8-5;1-3-6-4(2)5/h1-2,8H;3H2,1-2H3. The molecule has 5 heteroatoms. The number of nitrogens with zero attached hydrogens (tertiary/aromatic N) is 1. The van der Waals surface area contributed by atoms with Crippen LogP contribution in [0.1, 0.15) is 19.4 Å². The van der Waals surface area contributed by atoms with Crippen molar-refractivity contribution < 1.29 is 9.53 Å². The van der Waals surface area contributed by atoms with E-state index in [9.17, 15) is 4.79 Å². The monoisotopic (exact) mass is 258 g/mol. The number of H-pyrrole nitrogens is 1. The third-order valence-electron chi connectivity index (χ3n) is 1.16. The predicted octanol–water partition coefficient (Wildman–Crippen LogP) is 2.22. The van der Waals surface area contributed by atoms with E-state index in [4.69, 9.17) is 5.26 Å². The first-order chi connectivity index (χ1) is 6.61. The maximum Gasteiger partial charge on any atom is 0.302 e. The quantitative estimate of drug-likeness (QED) is 0.786. The molecular weight excluding hydrogens is 248 g/mol. The Balaban J connectivity index is 0.000000255. The van der Waals surface area contributed by atoms with Crippen molar-refractivity contribution in [2.75, 3.05) is 6.61 Å². The minimum absolute atomic E-state index is 0.211. The van der Waals surface area contributed by atoms with Crippen LogP contribution in [0.25, 0.3) is 0 Å². The van der Waals surface area contributed by atoms with Crippen molar-refractivity contribution in [2.24, 2.45) is 0 Å². The molecule has 0 aliphatic heterocycles. The van der Waals surface area contributed by atoms with Gasteiger partial charge in [-0.1, -0.05) is 0 Å². The normalized spacial score (nSPS) is 8.14. The minimum atomic E-state index is -0.211. The van der Waals surface area contributed by atoms with Gasteiger partial charge in [-0.15, -0.1) is 0 Å². The summed E-state index contributed by atoms with van der Waals surface area (Å²) in [6, 6.07) is 3.71. The molecule has 14 heavy (non-hydrogen) atoms. The van der Waals surface area contributed by atoms with E-state index in [1.807, 2.05) is 6.07 Å². The van der Waals surface area contributed by atoms with Crippen LogP contribution in [-0.4, -0.2) is 17.6 Å². The SMILES string of the molecule is CCOC(C)=O.N#Cc1cc[nH]c1Br. The molecule has 0 fully saturated rings. The fourth-order valence-electron chi connectivity index (χ4n) is 0.639. The van der Waals surface area contributed by atoms with Gasteiger partial charge in [0, 0.05) is 13.1 Å². The van der Waals surface area contributed by atoms with Crippen LogP contribution in [0.15, 0.2) is 16.9 Å². The lowest BCUT2D eigenvalue weighted by Crippen LogP contribution is -1.95. The highest BCUT2D eigenvalue weighted by Crippen LogP contribution is 2.10. The lowest BCUT2D eigenvalue weighted by atomic mass is 10.4. The number of esters is 1. The summed E-state index contributed by atoms with van der Waals surface area (Å²) in [5.41, 5.74) is 0.644. The van der Waals surface area contributed by atoms with Gasteiger partial charge >= 0.3 is 5.97 Å². The Labute approximate surface area is 91.0 Å². The van der Waals surface area contributed by atoms with E-state index in [-0.39, 0.29) is 5.97 Å². The number of aromatic amines is 1. The van der Waals surface area contributed by atoms with E-state index in [1.54, 1.807) is 19.2 Å². The average molecular weight is 259 g/mol. The molecule has 0 saturated heterocycles. The number of hydrogen-bond acceptors (Lipinski definition) is 3. The van der Waals surface area contributed by atoms with Crippen LogP contribution < -0.4 is 0 Å². The first-order valence-electron chi connectivity index (χ1n) is 3.98. The lowest BCUT2D eigenvalue weighted by molar-refractivity contribution is -0.140. The van der Waals surface area contributed by atoms with Crippen molar-refractivity contribution in [2.45, 2.75) is 13.8 Å². The van der Waals surface area contributed by atoms with Gasteiger partial charge in [-0.25, -0.2) is 0 Å². The van der Waals surface area contributed by atoms with Crippen LogP contribution in [0.4, 0.5) is 0 Å². The highest BCUT2D eigenvalue weighted by molar-refractivity contribution is 9.10. The second-order valence-corrected chi connectivity index (χ2v) is 3.03. The van der Waals surface area contributed by atoms with Gasteiger partial charge in [0.25, 0.3) is 0 Å². The molecule has 1 heterocycles. The fraction of sp³-hybridized carbons (Fsp3) is 0.333. The molecule has 0 aromatic carbocycles. The van der Waals surface area contributed by atoms with E-state index in [1.165, 1.54) is 6.92 Å². The number of nitriles is 1. The lowest BCUT2D eigenvalue weighted by Gasteiger charge is -1.89.